The molecule has 0 radical (unpaired) electrons. The summed E-state index contributed by atoms with van der Waals surface area (Å²) in [6, 6.07) is 11.8. The van der Waals surface area contributed by atoms with Crippen molar-refractivity contribution in [3.63, 3.8) is 0 Å². The predicted molar refractivity (Wildman–Crippen MR) is 84.0 cm³/mol. The first kappa shape index (κ1) is 15.5. The second-order valence-electron chi connectivity index (χ2n) is 4.48. The first-order chi connectivity index (χ1) is 10.1. The minimum absolute atomic E-state index is 0.143. The van der Waals surface area contributed by atoms with Crippen LogP contribution in [0.25, 0.3) is 0 Å². The van der Waals surface area contributed by atoms with E-state index in [4.69, 9.17) is 4.74 Å². The molecule has 3 nitrogen and oxygen atoms in total. The first-order valence-corrected chi connectivity index (χ1v) is 7.26. The fourth-order valence-corrected chi connectivity index (χ4v) is 2.41. The van der Waals surface area contributed by atoms with Crippen LogP contribution in [0.5, 0.6) is 5.75 Å². The zero-order valence-corrected chi connectivity index (χ0v) is 13.1. The van der Waals surface area contributed by atoms with Crippen molar-refractivity contribution in [3.05, 3.63) is 58.3 Å². The summed E-state index contributed by atoms with van der Waals surface area (Å²) in [5.74, 6) is -0.238. The van der Waals surface area contributed by atoms with Crippen molar-refractivity contribution in [2.45, 2.75) is 12.8 Å². The number of amides is 1. The summed E-state index contributed by atoms with van der Waals surface area (Å²) >= 11 is 3.45. The Kier molecular flexibility index (Phi) is 5.33. The Bertz CT molecular complexity index is 646. The van der Waals surface area contributed by atoms with Crippen LogP contribution in [0.4, 0.5) is 10.1 Å². The maximum Gasteiger partial charge on any atom is 0.224 e. The molecular formula is C16H15BrFNO2. The molecule has 2 aromatic carbocycles. The molecule has 0 aliphatic rings. The third-order valence-electron chi connectivity index (χ3n) is 3.02. The number of halogens is 2. The summed E-state index contributed by atoms with van der Waals surface area (Å²) in [4.78, 5) is 12.0. The molecule has 0 aliphatic carbocycles. The van der Waals surface area contributed by atoms with Crippen LogP contribution in [0.2, 0.25) is 0 Å². The van der Waals surface area contributed by atoms with E-state index < -0.39 is 5.82 Å². The summed E-state index contributed by atoms with van der Waals surface area (Å²) in [6.45, 7) is 0. The van der Waals surface area contributed by atoms with Crippen LogP contribution in [0.3, 0.4) is 0 Å². The minimum Gasteiger partial charge on any atom is -0.494 e. The van der Waals surface area contributed by atoms with Crippen molar-refractivity contribution in [1.82, 2.24) is 0 Å². The van der Waals surface area contributed by atoms with E-state index in [1.165, 1.54) is 25.3 Å². The molecule has 5 heteroatoms. The highest BCUT2D eigenvalue weighted by atomic mass is 79.9. The lowest BCUT2D eigenvalue weighted by molar-refractivity contribution is -0.116. The molecular weight excluding hydrogens is 337 g/mol. The van der Waals surface area contributed by atoms with E-state index in [1.54, 1.807) is 0 Å². The zero-order chi connectivity index (χ0) is 15.2. The number of carbonyl (C=O) groups excluding carboxylic acids is 1. The van der Waals surface area contributed by atoms with Gasteiger partial charge in [0.05, 0.1) is 12.8 Å². The number of aryl methyl sites for hydroxylation is 1. The van der Waals surface area contributed by atoms with Crippen molar-refractivity contribution in [2.75, 3.05) is 12.4 Å². The summed E-state index contributed by atoms with van der Waals surface area (Å²) in [5.41, 5.74) is 1.54. The molecule has 2 aromatic rings. The van der Waals surface area contributed by atoms with Crippen LogP contribution in [0.1, 0.15) is 12.0 Å². The summed E-state index contributed by atoms with van der Waals surface area (Å²) in [5, 5.41) is 2.73. The molecule has 0 fully saturated rings. The quantitative estimate of drug-likeness (QED) is 0.877. The van der Waals surface area contributed by atoms with Gasteiger partial charge < -0.3 is 10.1 Å². The van der Waals surface area contributed by atoms with Crippen LogP contribution in [0, 0.1) is 5.82 Å². The summed E-state index contributed by atoms with van der Waals surface area (Å²) in [7, 11) is 1.44. The smallest absolute Gasteiger partial charge is 0.224 e. The number of ether oxygens (including phenoxy) is 1. The second-order valence-corrected chi connectivity index (χ2v) is 5.34. The predicted octanol–water partition coefficient (Wildman–Crippen LogP) is 4.17. The van der Waals surface area contributed by atoms with Crippen molar-refractivity contribution in [1.29, 1.82) is 0 Å². The first-order valence-electron chi connectivity index (χ1n) is 6.47. The van der Waals surface area contributed by atoms with Gasteiger partial charge in [-0.05, 0) is 30.2 Å². The van der Waals surface area contributed by atoms with E-state index in [9.17, 15) is 9.18 Å². The highest BCUT2D eigenvalue weighted by molar-refractivity contribution is 9.10. The van der Waals surface area contributed by atoms with Crippen molar-refractivity contribution in [2.24, 2.45) is 0 Å². The van der Waals surface area contributed by atoms with Gasteiger partial charge in [-0.25, -0.2) is 4.39 Å². The molecule has 0 aliphatic heterocycles. The fourth-order valence-electron chi connectivity index (χ4n) is 1.93. The van der Waals surface area contributed by atoms with Gasteiger partial charge in [-0.3, -0.25) is 4.79 Å². The van der Waals surface area contributed by atoms with Crippen molar-refractivity contribution in [3.8, 4) is 5.75 Å². The zero-order valence-electron chi connectivity index (χ0n) is 11.5. The van der Waals surface area contributed by atoms with E-state index >= 15 is 0 Å². The third kappa shape index (κ3) is 4.29. The molecule has 0 bridgehead atoms. The van der Waals surface area contributed by atoms with Gasteiger partial charge >= 0.3 is 0 Å². The Morgan fingerprint density at radius 1 is 1.29 bits per heavy atom. The van der Waals surface area contributed by atoms with Crippen LogP contribution < -0.4 is 10.1 Å². The number of anilines is 1. The number of carbonyl (C=O) groups is 1. The normalized spacial score (nSPS) is 10.2. The van der Waals surface area contributed by atoms with Gasteiger partial charge in [0, 0.05) is 17.0 Å². The van der Waals surface area contributed by atoms with Crippen molar-refractivity contribution >= 4 is 27.5 Å². The number of benzene rings is 2. The average Bonchev–Trinajstić information content (AvgIpc) is 2.48. The number of methoxy groups -OCH3 is 1. The molecule has 0 saturated carbocycles. The van der Waals surface area contributed by atoms with Gasteiger partial charge in [-0.2, -0.15) is 0 Å². The lowest BCUT2D eigenvalue weighted by Crippen LogP contribution is -2.13. The van der Waals surface area contributed by atoms with Gasteiger partial charge in [0.1, 0.15) is 11.6 Å². The van der Waals surface area contributed by atoms with Gasteiger partial charge in [-0.15, -0.1) is 0 Å². The number of nitrogens with one attached hydrogen (secondary N) is 1. The third-order valence-corrected chi connectivity index (χ3v) is 3.79. The molecule has 0 atom stereocenters. The van der Waals surface area contributed by atoms with E-state index in [-0.39, 0.29) is 5.91 Å². The van der Waals surface area contributed by atoms with Gasteiger partial charge in [0.2, 0.25) is 5.91 Å². The average molecular weight is 352 g/mol. The highest BCUT2D eigenvalue weighted by Crippen LogP contribution is 2.25. The topological polar surface area (TPSA) is 38.3 Å². The number of hydrogen-bond donors (Lipinski definition) is 1. The number of hydrogen-bond acceptors (Lipinski definition) is 2. The Balaban J connectivity index is 1.98. The standard InChI is InChI=1S/C16H15BrFNO2/c1-21-15-10-12(18)7-8-14(15)19-16(20)9-6-11-4-2-3-5-13(11)17/h2-5,7-8,10H,6,9H2,1H3,(H,19,20). The molecule has 0 aromatic heterocycles. The molecule has 21 heavy (non-hydrogen) atoms. The lowest BCUT2D eigenvalue weighted by atomic mass is 10.1. The maximum absolute atomic E-state index is 13.1. The van der Waals surface area contributed by atoms with E-state index in [0.29, 0.717) is 24.3 Å². The minimum atomic E-state index is -0.405. The molecule has 0 saturated heterocycles. The monoisotopic (exact) mass is 351 g/mol. The van der Waals surface area contributed by atoms with Gasteiger partial charge in [0.15, 0.2) is 0 Å². The molecule has 0 heterocycles. The summed E-state index contributed by atoms with van der Waals surface area (Å²) < 4.78 is 19.1. The Hall–Kier alpha value is -1.88. The van der Waals surface area contributed by atoms with Crippen LogP contribution in [-0.2, 0) is 11.2 Å². The van der Waals surface area contributed by atoms with Crippen molar-refractivity contribution < 1.29 is 13.9 Å². The largest absolute Gasteiger partial charge is 0.494 e. The van der Waals surface area contributed by atoms with Gasteiger partial charge in [0.25, 0.3) is 0 Å². The molecule has 0 spiro atoms. The van der Waals surface area contributed by atoms with E-state index in [1.807, 2.05) is 24.3 Å². The van der Waals surface area contributed by atoms with E-state index in [2.05, 4.69) is 21.2 Å². The molecule has 1 N–H and O–H groups in total. The highest BCUT2D eigenvalue weighted by Gasteiger charge is 2.09. The lowest BCUT2D eigenvalue weighted by Gasteiger charge is -2.10. The molecule has 0 unspecified atom stereocenters. The fraction of sp³-hybridized carbons (Fsp3) is 0.188. The molecule has 2 rings (SSSR count). The Morgan fingerprint density at radius 2 is 2.05 bits per heavy atom. The Morgan fingerprint density at radius 3 is 2.76 bits per heavy atom. The van der Waals surface area contributed by atoms with E-state index in [0.717, 1.165) is 10.0 Å². The summed E-state index contributed by atoms with van der Waals surface area (Å²) in [6.07, 6.45) is 0.958. The van der Waals surface area contributed by atoms with Crippen LogP contribution >= 0.6 is 15.9 Å². The molecule has 1 amide bonds. The van der Waals surface area contributed by atoms with Crippen LogP contribution in [-0.4, -0.2) is 13.0 Å². The molecule has 110 valence electrons. The second kappa shape index (κ2) is 7.22. The van der Waals surface area contributed by atoms with Crippen LogP contribution in [0.15, 0.2) is 46.9 Å². The maximum atomic E-state index is 13.1. The SMILES string of the molecule is COc1cc(F)ccc1NC(=O)CCc1ccccc1Br. The Labute approximate surface area is 131 Å². The van der Waals surface area contributed by atoms with Gasteiger partial charge in [-0.1, -0.05) is 34.1 Å². The number of rotatable bonds is 5.